The third-order valence-corrected chi connectivity index (χ3v) is 23.8. The lowest BCUT2D eigenvalue weighted by atomic mass is 9.82. The van der Waals surface area contributed by atoms with Gasteiger partial charge in [0.15, 0.2) is 16.6 Å². The summed E-state index contributed by atoms with van der Waals surface area (Å²) in [5.41, 5.74) is 3.11. The summed E-state index contributed by atoms with van der Waals surface area (Å²) in [5, 5.41) is 1.90. The minimum absolute atomic E-state index is 0.0799. The Labute approximate surface area is 276 Å². The van der Waals surface area contributed by atoms with Gasteiger partial charge in [0.25, 0.3) is 0 Å². The van der Waals surface area contributed by atoms with E-state index in [1.54, 1.807) is 0 Å². The van der Waals surface area contributed by atoms with E-state index in [0.717, 1.165) is 25.7 Å². The van der Waals surface area contributed by atoms with Crippen LogP contribution in [-0.2, 0) is 18.4 Å². The molecule has 1 amide bonds. The van der Waals surface area contributed by atoms with E-state index in [9.17, 15) is 9.59 Å². The van der Waals surface area contributed by atoms with Crippen molar-refractivity contribution in [3.8, 4) is 0 Å². The van der Waals surface area contributed by atoms with Crippen molar-refractivity contribution in [2.75, 3.05) is 25.2 Å². The molecule has 1 saturated carbocycles. The number of carbonyl (C=O) groups is 2. The van der Waals surface area contributed by atoms with Gasteiger partial charge in [-0.1, -0.05) is 90.0 Å². The summed E-state index contributed by atoms with van der Waals surface area (Å²) in [4.78, 5) is 30.2. The van der Waals surface area contributed by atoms with Crippen molar-refractivity contribution in [3.63, 3.8) is 0 Å². The van der Waals surface area contributed by atoms with Crippen LogP contribution in [0.5, 0.6) is 0 Å². The monoisotopic (exact) mass is 667 g/mol. The van der Waals surface area contributed by atoms with Crippen LogP contribution >= 0.6 is 11.3 Å². The molecule has 0 N–H and O–H groups in total. The van der Waals surface area contributed by atoms with E-state index in [0.29, 0.717) is 62.9 Å². The molecule has 1 aliphatic rings. The second-order valence-electron chi connectivity index (χ2n) is 15.2. The van der Waals surface area contributed by atoms with Gasteiger partial charge in [0.2, 0.25) is 5.91 Å². The van der Waals surface area contributed by atoms with E-state index in [4.69, 9.17) is 13.6 Å². The third-order valence-electron chi connectivity index (χ3n) is 10.7. The molecule has 9 heteroatoms. The van der Waals surface area contributed by atoms with Gasteiger partial charge in [-0.3, -0.25) is 4.79 Å². The first-order valence-corrected chi connectivity index (χ1v) is 22.4. The first-order valence-electron chi connectivity index (χ1n) is 17.2. The number of esters is 1. The van der Waals surface area contributed by atoms with Gasteiger partial charge >= 0.3 is 5.97 Å². The zero-order valence-corrected chi connectivity index (χ0v) is 33.3. The van der Waals surface area contributed by atoms with Crippen LogP contribution in [0.25, 0.3) is 0 Å². The van der Waals surface area contributed by atoms with E-state index in [-0.39, 0.29) is 17.9 Å². The summed E-state index contributed by atoms with van der Waals surface area (Å²) < 4.78 is 19.7. The number of ether oxygens (including phenoxy) is 1. The Balaban J connectivity index is 2.74. The topological polar surface area (TPSA) is 65.1 Å². The molecular formula is C35H65NO5SSi2. The molecule has 1 fully saturated rings. The SMILES string of the molecule is COC(=O)c1sccc1N(C(=O)[C@H]1CC[C@H](C)CC1)C(CO[Si](C(C)C)(C(C)C)C(C)C)CO[Si](C(C)C)(C(C)C)C(C)C. The van der Waals surface area contributed by atoms with E-state index < -0.39 is 22.6 Å². The molecule has 1 heterocycles. The molecule has 44 heavy (non-hydrogen) atoms. The molecule has 0 atom stereocenters. The Morgan fingerprint density at radius 3 is 1.55 bits per heavy atom. The van der Waals surface area contributed by atoms with Gasteiger partial charge in [-0.05, 0) is 76.3 Å². The average Bonchev–Trinajstić information content (AvgIpc) is 3.41. The van der Waals surface area contributed by atoms with E-state index in [1.807, 2.05) is 16.3 Å². The number of amides is 1. The Morgan fingerprint density at radius 1 is 0.773 bits per heavy atom. The number of rotatable bonds is 16. The molecule has 0 unspecified atom stereocenters. The van der Waals surface area contributed by atoms with Gasteiger partial charge in [-0.2, -0.15) is 0 Å². The summed E-state index contributed by atoms with van der Waals surface area (Å²) in [7, 11) is -3.11. The number of hydrogen-bond acceptors (Lipinski definition) is 6. The van der Waals surface area contributed by atoms with Gasteiger partial charge in [-0.25, -0.2) is 4.79 Å². The highest BCUT2D eigenvalue weighted by atomic mass is 32.1. The molecule has 1 aliphatic carbocycles. The predicted octanol–water partition coefficient (Wildman–Crippen LogP) is 10.4. The standard InChI is InChI=1S/C35H65NO5SSi2/c1-23(2)43(24(3)4,25(5)6)40-21-31(22-41-44(26(7)8,27(9)10)28(11)12)36(32-19-20-42-33(32)35(38)39-14)34(37)30-17-15-29(13)16-18-30/h19-20,23-31H,15-18,21-22H2,1-14H3/t29-,30-. The number of thiophene rings is 1. The first kappa shape index (κ1) is 39.2. The molecule has 0 aromatic carbocycles. The minimum atomic E-state index is -2.26. The zero-order valence-electron chi connectivity index (χ0n) is 30.5. The van der Waals surface area contributed by atoms with Crippen LogP contribution in [0.3, 0.4) is 0 Å². The van der Waals surface area contributed by atoms with Crippen molar-refractivity contribution < 1.29 is 23.2 Å². The highest BCUT2D eigenvalue weighted by Gasteiger charge is 2.49. The van der Waals surface area contributed by atoms with Crippen LogP contribution in [0.15, 0.2) is 11.4 Å². The van der Waals surface area contributed by atoms with Gasteiger partial charge in [0.1, 0.15) is 4.88 Å². The minimum Gasteiger partial charge on any atom is -0.465 e. The summed E-state index contributed by atoms with van der Waals surface area (Å²) >= 11 is 1.34. The van der Waals surface area contributed by atoms with E-state index >= 15 is 0 Å². The molecule has 1 aromatic rings. The average molecular weight is 668 g/mol. The van der Waals surface area contributed by atoms with Crippen LogP contribution in [0.2, 0.25) is 33.2 Å². The van der Waals surface area contributed by atoms with Gasteiger partial charge in [0, 0.05) is 5.92 Å². The molecule has 0 aliphatic heterocycles. The van der Waals surface area contributed by atoms with Crippen LogP contribution in [0, 0.1) is 11.8 Å². The molecule has 0 saturated heterocycles. The Morgan fingerprint density at radius 2 is 1.18 bits per heavy atom. The lowest BCUT2D eigenvalue weighted by Gasteiger charge is -2.46. The van der Waals surface area contributed by atoms with Crippen molar-refractivity contribution in [2.24, 2.45) is 11.8 Å². The van der Waals surface area contributed by atoms with Crippen molar-refractivity contribution >= 4 is 45.5 Å². The fourth-order valence-corrected chi connectivity index (χ4v) is 20.4. The van der Waals surface area contributed by atoms with Gasteiger partial charge < -0.3 is 18.5 Å². The Bertz CT molecular complexity index is 966. The summed E-state index contributed by atoms with van der Waals surface area (Å²) in [6.45, 7) is 30.6. The third kappa shape index (κ3) is 8.28. The van der Waals surface area contributed by atoms with Crippen LogP contribution in [-0.4, -0.2) is 54.9 Å². The molecule has 254 valence electrons. The Kier molecular flexibility index (Phi) is 14.9. The maximum atomic E-state index is 14.8. The molecule has 0 spiro atoms. The maximum Gasteiger partial charge on any atom is 0.350 e. The normalized spacial score (nSPS) is 18.5. The molecule has 1 aromatic heterocycles. The number of hydrogen-bond donors (Lipinski definition) is 0. The van der Waals surface area contributed by atoms with E-state index in [1.165, 1.54) is 18.4 Å². The van der Waals surface area contributed by atoms with Crippen molar-refractivity contribution in [3.05, 3.63) is 16.3 Å². The summed E-state index contributed by atoms with van der Waals surface area (Å²) in [5.74, 6) is 0.237. The van der Waals surface area contributed by atoms with Gasteiger partial charge in [0.05, 0.1) is 32.1 Å². The predicted molar refractivity (Wildman–Crippen MR) is 192 cm³/mol. The molecule has 0 radical (unpaired) electrons. The van der Waals surface area contributed by atoms with Crippen LogP contribution < -0.4 is 4.90 Å². The fraction of sp³-hybridized carbons (Fsp3) is 0.829. The highest BCUT2D eigenvalue weighted by molar-refractivity contribution is 7.12. The zero-order chi connectivity index (χ0) is 33.6. The second kappa shape index (κ2) is 16.7. The largest absolute Gasteiger partial charge is 0.465 e. The molecular weight excluding hydrogens is 603 g/mol. The van der Waals surface area contributed by atoms with Gasteiger partial charge in [-0.15, -0.1) is 11.3 Å². The lowest BCUT2D eigenvalue weighted by molar-refractivity contribution is -0.124. The van der Waals surface area contributed by atoms with Crippen LogP contribution in [0.1, 0.15) is 125 Å². The first-order chi connectivity index (χ1) is 20.5. The smallest absolute Gasteiger partial charge is 0.350 e. The second-order valence-corrected chi connectivity index (χ2v) is 27.0. The molecule has 6 nitrogen and oxygen atoms in total. The molecule has 0 bridgehead atoms. The number of nitrogens with zero attached hydrogens (tertiary/aromatic N) is 1. The van der Waals surface area contributed by atoms with Crippen molar-refractivity contribution in [2.45, 2.75) is 155 Å². The maximum absolute atomic E-state index is 14.8. The number of anilines is 1. The fourth-order valence-electron chi connectivity index (χ4n) is 8.61. The van der Waals surface area contributed by atoms with Crippen molar-refractivity contribution in [1.29, 1.82) is 0 Å². The lowest BCUT2D eigenvalue weighted by Crippen LogP contribution is -2.56. The Hall–Kier alpha value is -1.01. The van der Waals surface area contributed by atoms with Crippen molar-refractivity contribution in [1.82, 2.24) is 0 Å². The summed E-state index contributed by atoms with van der Waals surface area (Å²) in [6, 6.07) is 1.56. The molecule has 2 rings (SSSR count). The number of methoxy groups -OCH3 is 1. The van der Waals surface area contributed by atoms with E-state index in [2.05, 4.69) is 90.0 Å². The number of carbonyl (C=O) groups excluding carboxylic acids is 2. The highest BCUT2D eigenvalue weighted by Crippen LogP contribution is 2.45. The quantitative estimate of drug-likeness (QED) is 0.130. The van der Waals surface area contributed by atoms with Crippen LogP contribution in [0.4, 0.5) is 5.69 Å². The summed E-state index contributed by atoms with van der Waals surface area (Å²) in [6.07, 6.45) is 3.83.